The topological polar surface area (TPSA) is 180 Å². The Labute approximate surface area is 396 Å². The Hall–Kier alpha value is -6.02. The molecule has 0 saturated carbocycles. The minimum absolute atomic E-state index is 0.0217. The molecule has 2 saturated heterocycles. The number of aromatic amines is 1. The van der Waals surface area contributed by atoms with E-state index in [9.17, 15) is 41.3 Å². The first-order valence-corrected chi connectivity index (χ1v) is 24.2. The number of anilines is 2. The van der Waals surface area contributed by atoms with Crippen LogP contribution in [0, 0.1) is 15.5 Å². The van der Waals surface area contributed by atoms with Crippen LogP contribution in [0.4, 0.5) is 30.2 Å². The summed E-state index contributed by atoms with van der Waals surface area (Å²) < 4.78 is 80.2. The van der Waals surface area contributed by atoms with Crippen molar-refractivity contribution < 1.29 is 45.6 Å². The molecule has 0 unspecified atom stereocenters. The summed E-state index contributed by atoms with van der Waals surface area (Å²) in [4.78, 5) is 50.4. The number of aromatic nitrogens is 2. The van der Waals surface area contributed by atoms with Crippen molar-refractivity contribution >= 4 is 66.8 Å². The molecular formula is C48H51ClF3N7O8S. The van der Waals surface area contributed by atoms with Gasteiger partial charge in [-0.15, -0.1) is 0 Å². The second kappa shape index (κ2) is 19.5. The molecule has 68 heavy (non-hydrogen) atoms. The summed E-state index contributed by atoms with van der Waals surface area (Å²) in [7, 11) is -4.43. The number of allylic oxidation sites excluding steroid dienone is 1. The quantitative estimate of drug-likeness (QED) is 0.0614. The summed E-state index contributed by atoms with van der Waals surface area (Å²) in [6, 6.07) is 15.4. The molecular weight excluding hydrogens is 927 g/mol. The van der Waals surface area contributed by atoms with E-state index in [1.54, 1.807) is 35.4 Å². The van der Waals surface area contributed by atoms with Crippen molar-refractivity contribution in [2.75, 3.05) is 74.9 Å². The largest absolute Gasteiger partial charge is 0.455 e. The highest BCUT2D eigenvalue weighted by Gasteiger charge is 2.34. The number of Topliss-reactive ketones (excluding diaryl/α,β-unsaturated/α-hetero) is 1. The third kappa shape index (κ3) is 11.1. The number of alkyl halides is 3. The van der Waals surface area contributed by atoms with E-state index in [0.717, 1.165) is 53.3 Å². The summed E-state index contributed by atoms with van der Waals surface area (Å²) in [6.45, 7) is 10.0. The highest BCUT2D eigenvalue weighted by molar-refractivity contribution is 7.92. The maximum Gasteiger partial charge on any atom is 0.416 e. The lowest BCUT2D eigenvalue weighted by Gasteiger charge is -2.39. The van der Waals surface area contributed by atoms with E-state index >= 15 is 0 Å². The lowest BCUT2D eigenvalue weighted by atomic mass is 9.72. The second-order valence-electron chi connectivity index (χ2n) is 18.2. The summed E-state index contributed by atoms with van der Waals surface area (Å²) in [6.07, 6.45) is 0.648. The number of nitro benzene ring substituents is 1. The van der Waals surface area contributed by atoms with Crippen molar-refractivity contribution in [1.82, 2.24) is 19.8 Å². The molecule has 4 heterocycles. The monoisotopic (exact) mass is 977 g/mol. The van der Waals surface area contributed by atoms with Gasteiger partial charge in [0.2, 0.25) is 5.91 Å². The van der Waals surface area contributed by atoms with E-state index in [-0.39, 0.29) is 39.9 Å². The molecule has 20 heteroatoms. The van der Waals surface area contributed by atoms with Gasteiger partial charge >= 0.3 is 6.18 Å². The van der Waals surface area contributed by atoms with Crippen molar-refractivity contribution in [1.29, 1.82) is 0 Å². The third-order valence-corrected chi connectivity index (χ3v) is 14.7. The Balaban J connectivity index is 0.997. The van der Waals surface area contributed by atoms with E-state index in [1.807, 2.05) is 0 Å². The first kappa shape index (κ1) is 48.4. The summed E-state index contributed by atoms with van der Waals surface area (Å²) in [5.41, 5.74) is 2.77. The molecule has 2 aliphatic heterocycles. The number of nitro groups is 1. The van der Waals surface area contributed by atoms with E-state index in [2.05, 4.69) is 38.9 Å². The van der Waals surface area contributed by atoms with E-state index < -0.39 is 54.7 Å². The van der Waals surface area contributed by atoms with Gasteiger partial charge in [0.25, 0.3) is 5.69 Å². The molecule has 3 aromatic carbocycles. The molecule has 0 spiro atoms. The number of ketones is 1. The number of carbonyl (C=O) groups excluding carboxylic acids is 2. The van der Waals surface area contributed by atoms with Crippen LogP contribution in [0.1, 0.15) is 61.5 Å². The van der Waals surface area contributed by atoms with Gasteiger partial charge in [-0.25, -0.2) is 13.4 Å². The fourth-order valence-electron chi connectivity index (χ4n) is 8.98. The highest BCUT2D eigenvalue weighted by Crippen LogP contribution is 2.46. The smallest absolute Gasteiger partial charge is 0.416 e. The van der Waals surface area contributed by atoms with E-state index in [0.29, 0.717) is 75.8 Å². The number of amides is 1. The predicted molar refractivity (Wildman–Crippen MR) is 252 cm³/mol. The Morgan fingerprint density at radius 2 is 1.82 bits per heavy atom. The maximum atomic E-state index is 14.1. The molecule has 0 radical (unpaired) electrons. The zero-order valence-corrected chi connectivity index (χ0v) is 39.3. The molecule has 0 bridgehead atoms. The first-order chi connectivity index (χ1) is 32.2. The Morgan fingerprint density at radius 1 is 1.04 bits per heavy atom. The average molecular weight is 978 g/mol. The lowest BCUT2D eigenvalue weighted by molar-refractivity contribution is -0.384. The van der Waals surface area contributed by atoms with Crippen molar-refractivity contribution in [3.8, 4) is 11.5 Å². The van der Waals surface area contributed by atoms with Gasteiger partial charge in [-0.2, -0.15) is 13.2 Å². The molecule has 1 amide bonds. The average Bonchev–Trinajstić information content (AvgIpc) is 3.77. The molecule has 2 aromatic heterocycles. The number of hydrogen-bond donors (Lipinski definition) is 2. The van der Waals surface area contributed by atoms with Crippen LogP contribution in [0.15, 0.2) is 89.6 Å². The molecule has 3 aliphatic rings. The number of morpholine rings is 1. The van der Waals surface area contributed by atoms with Crippen molar-refractivity contribution in [3.63, 3.8) is 0 Å². The number of hydrogen-bond acceptors (Lipinski definition) is 12. The van der Waals surface area contributed by atoms with Gasteiger partial charge in [0.1, 0.15) is 28.6 Å². The second-order valence-corrected chi connectivity index (χ2v) is 20.6. The van der Waals surface area contributed by atoms with Crippen LogP contribution in [-0.2, 0) is 25.5 Å². The van der Waals surface area contributed by atoms with Gasteiger partial charge in [0.05, 0.1) is 39.9 Å². The zero-order chi connectivity index (χ0) is 48.5. The maximum absolute atomic E-state index is 14.1. The van der Waals surface area contributed by atoms with Crippen LogP contribution in [-0.4, -0.2) is 116 Å². The first-order valence-electron chi connectivity index (χ1n) is 22.2. The molecule has 5 aromatic rings. The number of nitrogens with zero attached hydrogens (tertiary/aromatic N) is 5. The third-order valence-electron chi connectivity index (χ3n) is 12.8. The van der Waals surface area contributed by atoms with Gasteiger partial charge in [0.15, 0.2) is 15.6 Å². The van der Waals surface area contributed by atoms with Crippen molar-refractivity contribution in [3.05, 3.63) is 117 Å². The lowest BCUT2D eigenvalue weighted by Crippen LogP contribution is -2.47. The standard InChI is InChI=1S/C48H51ClF3N7O8S/c1-30(60)58-18-19-66-36(28-58)26-54-42-9-6-37(23-43(42)59(62)63)68(64,65)29-44(61)39-8-5-34(22-45(39)67-35-20-31-11-13-53-46(31)55-25-35)57-16-14-56(15-17-57)27-32-10-12-47(2,3)24-40(32)38-7-4-33(21-41(38)49)48(50,51)52/h4-9,11,13,20-23,25,36,54H,10,12,14-19,24,26-29H2,1-3H3,(H,53,55)/t36-/m1/s1. The number of ether oxygens (including phenoxy) is 2. The highest BCUT2D eigenvalue weighted by atomic mass is 35.5. The Morgan fingerprint density at radius 3 is 2.54 bits per heavy atom. The normalized spacial score (nSPS) is 18.2. The van der Waals surface area contributed by atoms with Crippen molar-refractivity contribution in [2.45, 2.75) is 57.2 Å². The molecule has 1 atom stereocenters. The van der Waals surface area contributed by atoms with Crippen LogP contribution in [0.5, 0.6) is 11.5 Å². The van der Waals surface area contributed by atoms with Gasteiger partial charge in [0, 0.05) is 93.7 Å². The number of pyridine rings is 1. The summed E-state index contributed by atoms with van der Waals surface area (Å²) >= 11 is 6.54. The van der Waals surface area contributed by atoms with Crippen LogP contribution < -0.4 is 15.0 Å². The van der Waals surface area contributed by atoms with Crippen LogP contribution in [0.3, 0.4) is 0 Å². The summed E-state index contributed by atoms with van der Waals surface area (Å²) in [5, 5.41) is 15.9. The number of sulfone groups is 1. The molecule has 2 fully saturated rings. The van der Waals surface area contributed by atoms with Gasteiger partial charge in [-0.3, -0.25) is 24.6 Å². The van der Waals surface area contributed by atoms with Crippen LogP contribution in [0.2, 0.25) is 5.02 Å². The molecule has 1 aliphatic carbocycles. The SMILES string of the molecule is CC(=O)N1CCO[C@H](CNc2ccc(S(=O)(=O)CC(=O)c3ccc(N4CCN(CC5=C(c6ccc(C(F)(F)F)cc6Cl)CC(C)(C)CC5)CC4)cc3Oc3cnc4[nH]ccc4c3)cc2[N+](=O)[O-])C1. The minimum atomic E-state index is -4.50. The number of fused-ring (bicyclic) bond motifs is 1. The number of rotatable bonds is 14. The van der Waals surface area contributed by atoms with Crippen molar-refractivity contribution in [2.24, 2.45) is 5.41 Å². The van der Waals surface area contributed by atoms with Gasteiger partial charge < -0.3 is 29.6 Å². The van der Waals surface area contributed by atoms with Crippen LogP contribution in [0.25, 0.3) is 16.6 Å². The predicted octanol–water partition coefficient (Wildman–Crippen LogP) is 9.04. The fourth-order valence-corrected chi connectivity index (χ4v) is 10.5. The fraction of sp³-hybridized carbons (Fsp3) is 0.396. The number of halogens is 4. The number of nitrogens with one attached hydrogen (secondary N) is 2. The number of carbonyl (C=O) groups is 2. The van der Waals surface area contributed by atoms with Crippen LogP contribution >= 0.6 is 11.6 Å². The zero-order valence-electron chi connectivity index (χ0n) is 37.7. The Bertz CT molecular complexity index is 2900. The summed E-state index contributed by atoms with van der Waals surface area (Å²) in [5.74, 6) is -1.53. The Kier molecular flexibility index (Phi) is 13.9. The number of H-pyrrole nitrogens is 1. The van der Waals surface area contributed by atoms with Gasteiger partial charge in [-0.1, -0.05) is 37.1 Å². The minimum Gasteiger partial charge on any atom is -0.455 e. The molecule has 15 nitrogen and oxygen atoms in total. The molecule has 8 rings (SSSR count). The van der Waals surface area contributed by atoms with E-state index in [1.165, 1.54) is 37.4 Å². The number of piperazine rings is 1. The molecule has 360 valence electrons. The number of benzene rings is 3. The molecule has 2 N–H and O–H groups in total. The van der Waals surface area contributed by atoms with E-state index in [4.69, 9.17) is 21.1 Å². The van der Waals surface area contributed by atoms with Gasteiger partial charge in [-0.05, 0) is 84.3 Å².